The van der Waals surface area contributed by atoms with Crippen LogP contribution in [0.15, 0.2) is 24.3 Å². The van der Waals surface area contributed by atoms with Gasteiger partial charge in [-0.3, -0.25) is 4.79 Å². The Morgan fingerprint density at radius 1 is 1.32 bits per heavy atom. The number of aromatic amines is 1. The smallest absolute Gasteiger partial charge is 0.340 e. The maximum atomic E-state index is 13.4. The van der Waals surface area contributed by atoms with Crippen LogP contribution in [0, 0.1) is 19.7 Å². The number of nitrogens with zero attached hydrogens (tertiary/aromatic N) is 4. The summed E-state index contributed by atoms with van der Waals surface area (Å²) in [5.74, 6) is -0.986. The van der Waals surface area contributed by atoms with E-state index in [-0.39, 0.29) is 23.9 Å². The Kier molecular flexibility index (Phi) is 5.34. The number of nitrogens with one attached hydrogen (secondary N) is 1. The van der Waals surface area contributed by atoms with E-state index in [4.69, 9.17) is 4.74 Å². The van der Waals surface area contributed by atoms with Gasteiger partial charge in [0.05, 0.1) is 17.9 Å². The van der Waals surface area contributed by atoms with E-state index in [1.165, 1.54) is 16.9 Å². The molecule has 2 aromatic heterocycles. The highest BCUT2D eigenvalue weighted by molar-refractivity contribution is 6.03. The number of hydrogen-bond donors (Lipinski definition) is 1. The molecule has 0 aliphatic rings. The van der Waals surface area contributed by atoms with E-state index in [0.29, 0.717) is 22.4 Å². The molecule has 8 nitrogen and oxygen atoms in total. The Bertz CT molecular complexity index is 1040. The largest absolute Gasteiger partial charge is 0.462 e. The number of benzene rings is 1. The highest BCUT2D eigenvalue weighted by Gasteiger charge is 2.27. The van der Waals surface area contributed by atoms with Gasteiger partial charge < -0.3 is 9.72 Å². The number of carbonyl (C=O) groups is 2. The van der Waals surface area contributed by atoms with Crippen LogP contribution in [0.5, 0.6) is 0 Å². The fourth-order valence-corrected chi connectivity index (χ4v) is 2.95. The van der Waals surface area contributed by atoms with Crippen LogP contribution < -0.4 is 0 Å². The number of tetrazole rings is 1. The molecule has 1 atom stereocenters. The maximum Gasteiger partial charge on any atom is 0.340 e. The van der Waals surface area contributed by atoms with Crippen molar-refractivity contribution >= 4 is 11.8 Å². The zero-order valence-corrected chi connectivity index (χ0v) is 16.0. The number of carbonyl (C=O) groups excluding carboxylic acids is 2. The van der Waals surface area contributed by atoms with Gasteiger partial charge in [-0.05, 0) is 50.6 Å². The number of esters is 1. The second-order valence-corrected chi connectivity index (χ2v) is 6.33. The monoisotopic (exact) mass is 385 g/mol. The first-order chi connectivity index (χ1) is 13.3. The van der Waals surface area contributed by atoms with Crippen LogP contribution >= 0.6 is 0 Å². The summed E-state index contributed by atoms with van der Waals surface area (Å²) in [5, 5.41) is 12.0. The third kappa shape index (κ3) is 3.55. The van der Waals surface area contributed by atoms with Crippen LogP contribution in [-0.4, -0.2) is 43.6 Å². The number of rotatable bonds is 6. The van der Waals surface area contributed by atoms with E-state index in [0.717, 1.165) is 0 Å². The molecule has 1 aromatic carbocycles. The Hall–Kier alpha value is -3.36. The van der Waals surface area contributed by atoms with Gasteiger partial charge in [0, 0.05) is 11.3 Å². The van der Waals surface area contributed by atoms with Crippen molar-refractivity contribution in [1.29, 1.82) is 0 Å². The molecule has 0 radical (unpaired) electrons. The lowest BCUT2D eigenvalue weighted by atomic mass is 10.1. The molecule has 3 rings (SSSR count). The van der Waals surface area contributed by atoms with Gasteiger partial charge in [-0.1, -0.05) is 12.1 Å². The van der Waals surface area contributed by atoms with Crippen molar-refractivity contribution in [2.24, 2.45) is 0 Å². The number of ether oxygens (including phenoxy) is 1. The minimum atomic E-state index is -0.776. The van der Waals surface area contributed by atoms with Crippen molar-refractivity contribution in [2.45, 2.75) is 33.7 Å². The molecule has 146 valence electrons. The standard InChI is InChI=1S/C19H20FN5O3/c1-5-28-19(27)15-10(2)16(21-11(15)3)17(26)12(4)25-23-18(22-24-25)13-7-6-8-14(20)9-13/h6-9,12,21H,5H2,1-4H3/t12-/m0/s1. The summed E-state index contributed by atoms with van der Waals surface area (Å²) in [6, 6.07) is 5.03. The third-order valence-corrected chi connectivity index (χ3v) is 4.40. The molecule has 0 unspecified atom stereocenters. The van der Waals surface area contributed by atoms with Crippen molar-refractivity contribution in [1.82, 2.24) is 25.2 Å². The zero-order chi connectivity index (χ0) is 20.4. The summed E-state index contributed by atoms with van der Waals surface area (Å²) in [7, 11) is 0. The molecule has 0 fully saturated rings. The lowest BCUT2D eigenvalue weighted by Crippen LogP contribution is -2.20. The maximum absolute atomic E-state index is 13.4. The molecular weight excluding hydrogens is 365 g/mol. The van der Waals surface area contributed by atoms with Crippen LogP contribution in [-0.2, 0) is 4.74 Å². The molecule has 3 aromatic rings. The van der Waals surface area contributed by atoms with Gasteiger partial charge in [0.15, 0.2) is 0 Å². The zero-order valence-electron chi connectivity index (χ0n) is 16.0. The van der Waals surface area contributed by atoms with Gasteiger partial charge in [-0.25, -0.2) is 9.18 Å². The van der Waals surface area contributed by atoms with Crippen LogP contribution in [0.1, 0.15) is 52.0 Å². The summed E-state index contributed by atoms with van der Waals surface area (Å²) in [5.41, 5.74) is 2.17. The van der Waals surface area contributed by atoms with Crippen molar-refractivity contribution < 1.29 is 18.7 Å². The second-order valence-electron chi connectivity index (χ2n) is 6.33. The van der Waals surface area contributed by atoms with E-state index < -0.39 is 17.8 Å². The number of aromatic nitrogens is 5. The summed E-state index contributed by atoms with van der Waals surface area (Å²) in [6.45, 7) is 6.97. The summed E-state index contributed by atoms with van der Waals surface area (Å²) < 4.78 is 18.4. The average Bonchev–Trinajstić information content (AvgIpc) is 3.25. The molecule has 0 saturated heterocycles. The molecule has 0 aliphatic carbocycles. The molecular formula is C19H20FN5O3. The van der Waals surface area contributed by atoms with E-state index in [1.807, 2.05) is 0 Å². The van der Waals surface area contributed by atoms with Crippen LogP contribution in [0.25, 0.3) is 11.4 Å². The Labute approximate surface area is 160 Å². The fourth-order valence-electron chi connectivity index (χ4n) is 2.95. The molecule has 0 saturated carbocycles. The molecule has 0 aliphatic heterocycles. The minimum Gasteiger partial charge on any atom is -0.462 e. The third-order valence-electron chi connectivity index (χ3n) is 4.40. The average molecular weight is 385 g/mol. The van der Waals surface area contributed by atoms with Gasteiger partial charge in [0.1, 0.15) is 11.9 Å². The molecule has 0 amide bonds. The van der Waals surface area contributed by atoms with Gasteiger partial charge in [0.25, 0.3) is 0 Å². The van der Waals surface area contributed by atoms with E-state index in [2.05, 4.69) is 20.4 Å². The Balaban J connectivity index is 1.88. The van der Waals surface area contributed by atoms with Gasteiger partial charge >= 0.3 is 5.97 Å². The lowest BCUT2D eigenvalue weighted by molar-refractivity contribution is 0.0525. The molecule has 0 spiro atoms. The lowest BCUT2D eigenvalue weighted by Gasteiger charge is -2.08. The molecule has 1 N–H and O–H groups in total. The highest BCUT2D eigenvalue weighted by atomic mass is 19.1. The number of aryl methyl sites for hydroxylation is 1. The van der Waals surface area contributed by atoms with Crippen molar-refractivity contribution in [3.63, 3.8) is 0 Å². The Morgan fingerprint density at radius 3 is 2.75 bits per heavy atom. The topological polar surface area (TPSA) is 103 Å². The summed E-state index contributed by atoms with van der Waals surface area (Å²) in [6.07, 6.45) is 0. The second kappa shape index (κ2) is 7.71. The highest BCUT2D eigenvalue weighted by Crippen LogP contribution is 2.23. The first-order valence-electron chi connectivity index (χ1n) is 8.79. The number of halogens is 1. The van der Waals surface area contributed by atoms with Crippen molar-refractivity contribution in [2.75, 3.05) is 6.61 Å². The SMILES string of the molecule is CCOC(=O)c1c(C)[nH]c(C(=O)[C@H](C)n2nnc(-c3cccc(F)c3)n2)c1C. The normalized spacial score (nSPS) is 12.0. The van der Waals surface area contributed by atoms with E-state index >= 15 is 0 Å². The number of Topliss-reactive ketones (excluding diaryl/α,β-unsaturated/α-hetero) is 1. The van der Waals surface area contributed by atoms with Gasteiger partial charge in [-0.15, -0.1) is 10.2 Å². The van der Waals surface area contributed by atoms with Crippen LogP contribution in [0.3, 0.4) is 0 Å². The quantitative estimate of drug-likeness (QED) is 0.517. The molecule has 0 bridgehead atoms. The summed E-state index contributed by atoms with van der Waals surface area (Å²) >= 11 is 0. The number of H-pyrrole nitrogens is 1. The summed E-state index contributed by atoms with van der Waals surface area (Å²) in [4.78, 5) is 29.2. The Morgan fingerprint density at radius 2 is 2.07 bits per heavy atom. The van der Waals surface area contributed by atoms with Crippen LogP contribution in [0.2, 0.25) is 0 Å². The number of hydrogen-bond acceptors (Lipinski definition) is 6. The minimum absolute atomic E-state index is 0.214. The predicted molar refractivity (Wildman–Crippen MR) is 98.5 cm³/mol. The van der Waals surface area contributed by atoms with Crippen molar-refractivity contribution in [3.05, 3.63) is 52.6 Å². The molecule has 28 heavy (non-hydrogen) atoms. The number of ketones is 1. The first-order valence-corrected chi connectivity index (χ1v) is 8.79. The van der Waals surface area contributed by atoms with Gasteiger partial charge in [-0.2, -0.15) is 4.80 Å². The predicted octanol–water partition coefficient (Wildman–Crippen LogP) is 3.04. The molecule has 2 heterocycles. The molecule has 9 heteroatoms. The van der Waals surface area contributed by atoms with Gasteiger partial charge in [0.2, 0.25) is 11.6 Å². The van der Waals surface area contributed by atoms with E-state index in [9.17, 15) is 14.0 Å². The first kappa shape index (κ1) is 19.4. The fraction of sp³-hybridized carbons (Fsp3) is 0.316. The van der Waals surface area contributed by atoms with Crippen molar-refractivity contribution in [3.8, 4) is 11.4 Å². The van der Waals surface area contributed by atoms with E-state index in [1.54, 1.807) is 39.8 Å². The van der Waals surface area contributed by atoms with Crippen LogP contribution in [0.4, 0.5) is 4.39 Å².